The van der Waals surface area contributed by atoms with E-state index in [4.69, 9.17) is 5.11 Å². The van der Waals surface area contributed by atoms with Crippen molar-refractivity contribution in [1.29, 1.82) is 0 Å². The van der Waals surface area contributed by atoms with Crippen molar-refractivity contribution in [2.24, 2.45) is 0 Å². The molecular weight excluding hydrogens is 225 g/mol. The molecule has 0 atom stereocenters. The number of hydrogen-bond donors (Lipinski definition) is 2. The summed E-state index contributed by atoms with van der Waals surface area (Å²) < 4.78 is 37.4. The number of aromatic carboxylic acids is 1. The van der Waals surface area contributed by atoms with Gasteiger partial charge in [-0.25, -0.2) is 4.79 Å². The van der Waals surface area contributed by atoms with Crippen LogP contribution in [0.2, 0.25) is 0 Å². The zero-order valence-electron chi connectivity index (χ0n) is 7.67. The summed E-state index contributed by atoms with van der Waals surface area (Å²) in [5, 5.41) is 13.7. The normalized spacial score (nSPS) is 11.9. The number of rotatable bonds is 1. The van der Waals surface area contributed by atoms with Crippen molar-refractivity contribution in [1.82, 2.24) is 10.2 Å². The van der Waals surface area contributed by atoms with E-state index in [0.717, 1.165) is 0 Å². The number of benzene rings is 1. The zero-order chi connectivity index (χ0) is 11.9. The smallest absolute Gasteiger partial charge is 0.433 e. The van der Waals surface area contributed by atoms with E-state index in [2.05, 4.69) is 5.10 Å². The number of H-pyrrole nitrogens is 1. The maximum atomic E-state index is 12.5. The maximum absolute atomic E-state index is 12.5. The van der Waals surface area contributed by atoms with Crippen molar-refractivity contribution in [3.8, 4) is 0 Å². The minimum absolute atomic E-state index is 0.192. The Morgan fingerprint density at radius 1 is 1.38 bits per heavy atom. The topological polar surface area (TPSA) is 66.0 Å². The molecule has 1 aromatic heterocycles. The number of carboxylic acids is 1. The summed E-state index contributed by atoms with van der Waals surface area (Å²) in [5.41, 5.74) is -1.49. The Kier molecular flexibility index (Phi) is 2.11. The first-order valence-electron chi connectivity index (χ1n) is 4.19. The van der Waals surface area contributed by atoms with Crippen LogP contribution in [0.4, 0.5) is 13.2 Å². The fourth-order valence-corrected chi connectivity index (χ4v) is 1.43. The predicted molar refractivity (Wildman–Crippen MR) is 48.1 cm³/mol. The van der Waals surface area contributed by atoms with Gasteiger partial charge >= 0.3 is 12.1 Å². The first kappa shape index (κ1) is 10.5. The van der Waals surface area contributed by atoms with E-state index in [1.165, 1.54) is 18.2 Å². The van der Waals surface area contributed by atoms with Gasteiger partial charge in [0.1, 0.15) is 11.2 Å². The van der Waals surface area contributed by atoms with Crippen molar-refractivity contribution < 1.29 is 23.1 Å². The highest BCUT2D eigenvalue weighted by Crippen LogP contribution is 2.33. The van der Waals surface area contributed by atoms with E-state index in [0.29, 0.717) is 0 Å². The molecule has 0 bridgehead atoms. The summed E-state index contributed by atoms with van der Waals surface area (Å²) in [6.07, 6.45) is -4.58. The molecular formula is C9H5F3N2O2. The predicted octanol–water partition coefficient (Wildman–Crippen LogP) is 2.28. The summed E-state index contributed by atoms with van der Waals surface area (Å²) >= 11 is 0. The third-order valence-electron chi connectivity index (χ3n) is 2.10. The lowest BCUT2D eigenvalue weighted by atomic mass is 10.1. The highest BCUT2D eigenvalue weighted by Gasteiger charge is 2.35. The van der Waals surface area contributed by atoms with E-state index in [1.54, 1.807) is 0 Å². The summed E-state index contributed by atoms with van der Waals surface area (Å²) in [6.45, 7) is 0. The van der Waals surface area contributed by atoms with Crippen molar-refractivity contribution in [3.63, 3.8) is 0 Å². The minimum atomic E-state index is -4.58. The van der Waals surface area contributed by atoms with Crippen molar-refractivity contribution in [2.75, 3.05) is 0 Å². The van der Waals surface area contributed by atoms with Crippen LogP contribution in [-0.4, -0.2) is 21.3 Å². The maximum Gasteiger partial charge on any atom is 0.433 e. The Balaban J connectivity index is 2.76. The number of aromatic nitrogens is 2. The molecule has 84 valence electrons. The number of para-hydroxylation sites is 1. The minimum Gasteiger partial charge on any atom is -0.478 e. The number of nitrogens with zero attached hydrogens (tertiary/aromatic N) is 1. The van der Waals surface area contributed by atoms with E-state index in [-0.39, 0.29) is 16.5 Å². The van der Waals surface area contributed by atoms with Crippen LogP contribution in [0.15, 0.2) is 18.2 Å². The molecule has 0 spiro atoms. The Morgan fingerprint density at radius 3 is 2.62 bits per heavy atom. The molecule has 2 rings (SSSR count). The molecule has 0 fully saturated rings. The van der Waals surface area contributed by atoms with Crippen LogP contribution in [0.1, 0.15) is 16.1 Å². The van der Waals surface area contributed by atoms with Gasteiger partial charge in [-0.2, -0.15) is 18.3 Å². The Morgan fingerprint density at radius 2 is 2.06 bits per heavy atom. The molecule has 2 aromatic rings. The van der Waals surface area contributed by atoms with E-state index >= 15 is 0 Å². The van der Waals surface area contributed by atoms with E-state index in [1.807, 2.05) is 5.10 Å². The molecule has 1 heterocycles. The number of nitrogens with one attached hydrogen (secondary N) is 1. The van der Waals surface area contributed by atoms with Gasteiger partial charge in [0, 0.05) is 5.39 Å². The molecule has 16 heavy (non-hydrogen) atoms. The standard InChI is InChI=1S/C9H5F3N2O2/c10-9(11,12)7-4-2-1-3-5(8(15)16)6(4)13-14-7/h1-3H,(H,13,14)(H,15,16). The molecule has 7 heteroatoms. The quantitative estimate of drug-likeness (QED) is 0.789. The van der Waals surface area contributed by atoms with Gasteiger partial charge in [-0.1, -0.05) is 12.1 Å². The summed E-state index contributed by atoms with van der Waals surface area (Å²) in [7, 11) is 0. The van der Waals surface area contributed by atoms with Gasteiger partial charge < -0.3 is 5.11 Å². The first-order chi connectivity index (χ1) is 7.41. The Hall–Kier alpha value is -2.05. The highest BCUT2D eigenvalue weighted by molar-refractivity contribution is 6.02. The summed E-state index contributed by atoms with van der Waals surface area (Å²) in [4.78, 5) is 10.7. The number of aromatic amines is 1. The lowest BCUT2D eigenvalue weighted by molar-refractivity contribution is -0.139. The van der Waals surface area contributed by atoms with Gasteiger partial charge in [0.15, 0.2) is 0 Å². The van der Waals surface area contributed by atoms with Crippen LogP contribution in [0.25, 0.3) is 10.9 Å². The molecule has 0 saturated heterocycles. The largest absolute Gasteiger partial charge is 0.478 e. The Bertz CT molecular complexity index is 559. The number of halogens is 3. The number of fused-ring (bicyclic) bond motifs is 1. The van der Waals surface area contributed by atoms with Gasteiger partial charge in [0.25, 0.3) is 0 Å². The number of hydrogen-bond acceptors (Lipinski definition) is 2. The van der Waals surface area contributed by atoms with Crippen LogP contribution in [0.5, 0.6) is 0 Å². The van der Waals surface area contributed by atoms with Gasteiger partial charge in [-0.3, -0.25) is 5.10 Å². The van der Waals surface area contributed by atoms with E-state index < -0.39 is 17.8 Å². The van der Waals surface area contributed by atoms with Crippen LogP contribution in [0, 0.1) is 0 Å². The third kappa shape index (κ3) is 1.50. The molecule has 4 nitrogen and oxygen atoms in total. The Labute approximate surface area is 86.7 Å². The SMILES string of the molecule is O=C(O)c1cccc2c(C(F)(F)F)[nH]nc12. The lowest BCUT2D eigenvalue weighted by Gasteiger charge is -2.02. The second-order valence-corrected chi connectivity index (χ2v) is 3.10. The van der Waals surface area contributed by atoms with Crippen LogP contribution >= 0.6 is 0 Å². The van der Waals surface area contributed by atoms with Crippen LogP contribution in [0.3, 0.4) is 0 Å². The van der Waals surface area contributed by atoms with Gasteiger partial charge in [0.2, 0.25) is 0 Å². The van der Waals surface area contributed by atoms with Crippen LogP contribution < -0.4 is 0 Å². The molecule has 0 radical (unpaired) electrons. The average Bonchev–Trinajstić information content (AvgIpc) is 2.59. The molecule has 2 N–H and O–H groups in total. The van der Waals surface area contributed by atoms with Gasteiger partial charge in [-0.15, -0.1) is 0 Å². The molecule has 0 aliphatic rings. The van der Waals surface area contributed by atoms with Crippen molar-refractivity contribution in [2.45, 2.75) is 6.18 Å². The highest BCUT2D eigenvalue weighted by atomic mass is 19.4. The number of carboxylic acid groups (broad SMARTS) is 1. The third-order valence-corrected chi connectivity index (χ3v) is 2.10. The van der Waals surface area contributed by atoms with E-state index in [9.17, 15) is 18.0 Å². The van der Waals surface area contributed by atoms with Crippen molar-refractivity contribution in [3.05, 3.63) is 29.5 Å². The summed E-state index contributed by atoms with van der Waals surface area (Å²) in [6, 6.07) is 3.62. The molecule has 0 amide bonds. The van der Waals surface area contributed by atoms with Gasteiger partial charge in [0.05, 0.1) is 5.56 Å². The number of carbonyl (C=O) groups is 1. The second-order valence-electron chi connectivity index (χ2n) is 3.10. The first-order valence-corrected chi connectivity index (χ1v) is 4.19. The van der Waals surface area contributed by atoms with Crippen LogP contribution in [-0.2, 0) is 6.18 Å². The average molecular weight is 230 g/mol. The molecule has 0 aliphatic carbocycles. The molecule has 1 aromatic carbocycles. The molecule has 0 unspecified atom stereocenters. The fourth-order valence-electron chi connectivity index (χ4n) is 1.43. The van der Waals surface area contributed by atoms with Gasteiger partial charge in [-0.05, 0) is 6.07 Å². The fraction of sp³-hybridized carbons (Fsp3) is 0.111. The van der Waals surface area contributed by atoms with Crippen molar-refractivity contribution >= 4 is 16.9 Å². The lowest BCUT2D eigenvalue weighted by Crippen LogP contribution is -2.05. The second kappa shape index (κ2) is 3.22. The molecule has 0 aliphatic heterocycles. The summed E-state index contributed by atoms with van der Waals surface area (Å²) in [5.74, 6) is -1.31. The zero-order valence-corrected chi connectivity index (χ0v) is 7.67. The monoisotopic (exact) mass is 230 g/mol. The number of alkyl halides is 3. The molecule has 0 saturated carbocycles.